The molecule has 0 bridgehead atoms. The van der Waals surface area contributed by atoms with Crippen molar-refractivity contribution in [3.8, 4) is 11.5 Å². The number of carboxylic acids is 1. The lowest BCUT2D eigenvalue weighted by molar-refractivity contribution is 0.0702. The van der Waals surface area contributed by atoms with Gasteiger partial charge in [0, 0.05) is 23.9 Å². The zero-order chi connectivity index (χ0) is 15.4. The molecule has 0 radical (unpaired) electrons. The number of carboxylic acid groups (broad SMARTS) is 1. The van der Waals surface area contributed by atoms with Crippen molar-refractivity contribution in [1.82, 2.24) is 0 Å². The van der Waals surface area contributed by atoms with Crippen LogP contribution in [-0.4, -0.2) is 31.2 Å². The van der Waals surface area contributed by atoms with E-state index in [2.05, 4.69) is 5.32 Å². The molecule has 21 heavy (non-hydrogen) atoms. The molecular formula is C14H13NO5S. The number of amides is 1. The molecule has 0 saturated heterocycles. The molecule has 0 unspecified atom stereocenters. The highest BCUT2D eigenvalue weighted by molar-refractivity contribution is 7.15. The Labute approximate surface area is 124 Å². The van der Waals surface area contributed by atoms with Gasteiger partial charge >= 0.3 is 5.97 Å². The quantitative estimate of drug-likeness (QED) is 0.887. The van der Waals surface area contributed by atoms with E-state index in [1.807, 2.05) is 0 Å². The van der Waals surface area contributed by atoms with Crippen molar-refractivity contribution in [2.24, 2.45) is 0 Å². The smallest absolute Gasteiger partial charge is 0.345 e. The van der Waals surface area contributed by atoms with Crippen LogP contribution < -0.4 is 14.8 Å². The van der Waals surface area contributed by atoms with Crippen LogP contribution in [0.4, 0.5) is 5.69 Å². The number of hydrogen-bond acceptors (Lipinski definition) is 5. The Kier molecular flexibility index (Phi) is 4.44. The monoisotopic (exact) mass is 307 g/mol. The summed E-state index contributed by atoms with van der Waals surface area (Å²) in [4.78, 5) is 23.3. The predicted molar refractivity (Wildman–Crippen MR) is 78.8 cm³/mol. The zero-order valence-electron chi connectivity index (χ0n) is 11.4. The van der Waals surface area contributed by atoms with Crippen molar-refractivity contribution in [2.45, 2.75) is 0 Å². The summed E-state index contributed by atoms with van der Waals surface area (Å²) in [6.45, 7) is 0. The molecule has 0 atom stereocenters. The Morgan fingerprint density at radius 1 is 1.05 bits per heavy atom. The Morgan fingerprint density at radius 2 is 1.62 bits per heavy atom. The number of anilines is 1. The molecule has 0 saturated carbocycles. The number of rotatable bonds is 5. The largest absolute Gasteiger partial charge is 0.497 e. The highest BCUT2D eigenvalue weighted by atomic mass is 32.1. The van der Waals surface area contributed by atoms with E-state index in [0.29, 0.717) is 22.1 Å². The summed E-state index contributed by atoms with van der Waals surface area (Å²) in [5.74, 6) is -0.353. The lowest BCUT2D eigenvalue weighted by Gasteiger charge is -2.09. The fourth-order valence-corrected chi connectivity index (χ4v) is 2.39. The lowest BCUT2D eigenvalue weighted by atomic mass is 10.2. The topological polar surface area (TPSA) is 84.9 Å². The summed E-state index contributed by atoms with van der Waals surface area (Å²) < 4.78 is 10.2. The number of nitrogens with one attached hydrogen (secondary N) is 1. The van der Waals surface area contributed by atoms with Gasteiger partial charge in [-0.3, -0.25) is 4.79 Å². The minimum absolute atomic E-state index is 0.114. The first-order chi connectivity index (χ1) is 10.0. The molecule has 0 aliphatic rings. The van der Waals surface area contributed by atoms with Gasteiger partial charge in [0.1, 0.15) is 16.4 Å². The minimum Gasteiger partial charge on any atom is -0.497 e. The van der Waals surface area contributed by atoms with Crippen LogP contribution in [0, 0.1) is 0 Å². The second kappa shape index (κ2) is 6.27. The standard InChI is InChI=1S/C14H13NO5S/c1-19-9-5-8(6-10(7-9)20-2)15-13(16)11-3-4-12(21-11)14(17)18/h3-7H,1-2H3,(H,15,16)(H,17,18). The maximum Gasteiger partial charge on any atom is 0.345 e. The maximum atomic E-state index is 12.1. The summed E-state index contributed by atoms with van der Waals surface area (Å²) in [5.41, 5.74) is 0.501. The van der Waals surface area contributed by atoms with Gasteiger partial charge in [0.25, 0.3) is 5.91 Å². The maximum absolute atomic E-state index is 12.1. The van der Waals surface area contributed by atoms with Gasteiger partial charge in [-0.15, -0.1) is 11.3 Å². The minimum atomic E-state index is -1.05. The van der Waals surface area contributed by atoms with Crippen LogP contribution in [0.1, 0.15) is 19.3 Å². The Morgan fingerprint density at radius 3 is 2.10 bits per heavy atom. The zero-order valence-corrected chi connectivity index (χ0v) is 12.2. The molecule has 1 aromatic heterocycles. The van der Waals surface area contributed by atoms with Gasteiger partial charge in [0.05, 0.1) is 19.1 Å². The predicted octanol–water partition coefficient (Wildman–Crippen LogP) is 2.72. The van der Waals surface area contributed by atoms with Gasteiger partial charge in [-0.25, -0.2) is 4.79 Å². The Balaban J connectivity index is 2.20. The SMILES string of the molecule is COc1cc(NC(=O)c2ccc(C(=O)O)s2)cc(OC)c1. The summed E-state index contributed by atoms with van der Waals surface area (Å²) in [5, 5.41) is 11.5. The molecule has 2 aromatic rings. The highest BCUT2D eigenvalue weighted by Crippen LogP contribution is 2.26. The summed E-state index contributed by atoms with van der Waals surface area (Å²) in [6.07, 6.45) is 0. The Bertz CT molecular complexity index is 658. The number of carbonyl (C=O) groups excluding carboxylic acids is 1. The van der Waals surface area contributed by atoms with Crippen LogP contribution in [0.2, 0.25) is 0 Å². The van der Waals surface area contributed by atoms with Crippen LogP contribution in [0.15, 0.2) is 30.3 Å². The van der Waals surface area contributed by atoms with Crippen molar-refractivity contribution in [3.63, 3.8) is 0 Å². The third-order valence-corrected chi connectivity index (χ3v) is 3.72. The molecule has 7 heteroatoms. The second-order valence-corrected chi connectivity index (χ2v) is 5.11. The van der Waals surface area contributed by atoms with E-state index in [0.717, 1.165) is 11.3 Å². The van der Waals surface area contributed by atoms with Crippen LogP contribution in [0.25, 0.3) is 0 Å². The molecular weight excluding hydrogens is 294 g/mol. The third-order valence-electron chi connectivity index (χ3n) is 2.65. The van der Waals surface area contributed by atoms with Gasteiger partial charge in [-0.05, 0) is 12.1 Å². The van der Waals surface area contributed by atoms with Crippen molar-refractivity contribution in [1.29, 1.82) is 0 Å². The van der Waals surface area contributed by atoms with Crippen molar-refractivity contribution >= 4 is 28.9 Å². The summed E-state index contributed by atoms with van der Waals surface area (Å²) >= 11 is 0.914. The fraction of sp³-hybridized carbons (Fsp3) is 0.143. The van der Waals surface area contributed by atoms with E-state index in [1.54, 1.807) is 18.2 Å². The van der Waals surface area contributed by atoms with E-state index >= 15 is 0 Å². The number of methoxy groups -OCH3 is 2. The molecule has 0 fully saturated rings. The molecule has 0 aliphatic heterocycles. The molecule has 0 aliphatic carbocycles. The normalized spacial score (nSPS) is 10.0. The number of thiophene rings is 1. The van der Waals surface area contributed by atoms with Crippen LogP contribution >= 0.6 is 11.3 Å². The molecule has 1 amide bonds. The average molecular weight is 307 g/mol. The molecule has 6 nitrogen and oxygen atoms in total. The van der Waals surface area contributed by atoms with Crippen LogP contribution in [0.3, 0.4) is 0 Å². The number of hydrogen-bond donors (Lipinski definition) is 2. The van der Waals surface area contributed by atoms with Crippen LogP contribution in [-0.2, 0) is 0 Å². The van der Waals surface area contributed by atoms with E-state index in [9.17, 15) is 9.59 Å². The number of carbonyl (C=O) groups is 2. The molecule has 2 N–H and O–H groups in total. The van der Waals surface area contributed by atoms with Gasteiger partial charge in [0.2, 0.25) is 0 Å². The number of ether oxygens (including phenoxy) is 2. The van der Waals surface area contributed by atoms with E-state index < -0.39 is 5.97 Å². The molecule has 1 heterocycles. The third kappa shape index (κ3) is 3.51. The van der Waals surface area contributed by atoms with Gasteiger partial charge in [-0.2, -0.15) is 0 Å². The number of benzene rings is 1. The molecule has 1 aromatic carbocycles. The first-order valence-electron chi connectivity index (χ1n) is 5.91. The highest BCUT2D eigenvalue weighted by Gasteiger charge is 2.13. The number of aromatic carboxylic acids is 1. The molecule has 0 spiro atoms. The van der Waals surface area contributed by atoms with Gasteiger partial charge in [-0.1, -0.05) is 0 Å². The summed E-state index contributed by atoms with van der Waals surface area (Å²) in [7, 11) is 3.03. The van der Waals surface area contributed by atoms with Crippen molar-refractivity contribution < 1.29 is 24.2 Å². The molecule has 2 rings (SSSR count). The van der Waals surface area contributed by atoms with Crippen molar-refractivity contribution in [2.75, 3.05) is 19.5 Å². The van der Waals surface area contributed by atoms with E-state index in [-0.39, 0.29) is 10.8 Å². The van der Waals surface area contributed by atoms with Crippen molar-refractivity contribution in [3.05, 3.63) is 40.1 Å². The van der Waals surface area contributed by atoms with Crippen LogP contribution in [0.5, 0.6) is 11.5 Å². The Hall–Kier alpha value is -2.54. The second-order valence-electron chi connectivity index (χ2n) is 4.02. The fourth-order valence-electron chi connectivity index (χ4n) is 1.65. The first kappa shape index (κ1) is 14.9. The first-order valence-corrected chi connectivity index (χ1v) is 6.72. The van der Waals surface area contributed by atoms with Gasteiger partial charge < -0.3 is 19.9 Å². The lowest BCUT2D eigenvalue weighted by Crippen LogP contribution is -2.10. The van der Waals surface area contributed by atoms with E-state index in [1.165, 1.54) is 26.4 Å². The summed E-state index contributed by atoms with van der Waals surface area (Å²) in [6, 6.07) is 7.84. The average Bonchev–Trinajstić information content (AvgIpc) is 2.97. The van der Waals surface area contributed by atoms with Gasteiger partial charge in [0.15, 0.2) is 0 Å². The molecule has 110 valence electrons. The van der Waals surface area contributed by atoms with E-state index in [4.69, 9.17) is 14.6 Å².